The second-order valence-corrected chi connectivity index (χ2v) is 3.63. The molecule has 82 valence electrons. The summed E-state index contributed by atoms with van der Waals surface area (Å²) in [4.78, 5) is 11.5. The normalized spacial score (nSPS) is 12.8. The van der Waals surface area contributed by atoms with Crippen molar-refractivity contribution in [2.24, 2.45) is 0 Å². The maximum absolute atomic E-state index is 11.5. The summed E-state index contributed by atoms with van der Waals surface area (Å²) in [6, 6.07) is 0. The molecule has 0 aliphatic heterocycles. The minimum absolute atomic E-state index is 0.252. The highest BCUT2D eigenvalue weighted by molar-refractivity contribution is 5.93. The Morgan fingerprint density at radius 3 is 2.29 bits per heavy atom. The van der Waals surface area contributed by atoms with E-state index in [0.29, 0.717) is 5.57 Å². The van der Waals surface area contributed by atoms with Gasteiger partial charge in [-0.2, -0.15) is 0 Å². The zero-order valence-corrected chi connectivity index (χ0v) is 9.00. The first kappa shape index (κ1) is 13.1. The van der Waals surface area contributed by atoms with E-state index in [1.807, 2.05) is 6.92 Å². The van der Waals surface area contributed by atoms with E-state index in [9.17, 15) is 4.79 Å². The van der Waals surface area contributed by atoms with Gasteiger partial charge in [0.05, 0.1) is 18.8 Å². The first-order chi connectivity index (χ1) is 6.49. The van der Waals surface area contributed by atoms with Crippen molar-refractivity contribution in [2.75, 3.05) is 13.2 Å². The van der Waals surface area contributed by atoms with Crippen molar-refractivity contribution in [2.45, 2.75) is 32.7 Å². The summed E-state index contributed by atoms with van der Waals surface area (Å²) >= 11 is 0. The Hall–Kier alpha value is -0.870. The quantitative estimate of drug-likeness (QED) is 0.557. The molecule has 0 aromatic rings. The highest BCUT2D eigenvalue weighted by atomic mass is 16.3. The molecule has 0 fully saturated rings. The van der Waals surface area contributed by atoms with Crippen molar-refractivity contribution in [3.8, 4) is 0 Å². The molecular weight excluding hydrogens is 182 g/mol. The molecule has 0 aliphatic rings. The third-order valence-electron chi connectivity index (χ3n) is 1.98. The van der Waals surface area contributed by atoms with Gasteiger partial charge in [-0.1, -0.05) is 13.0 Å². The minimum Gasteiger partial charge on any atom is -0.394 e. The molecule has 0 aromatic carbocycles. The zero-order chi connectivity index (χ0) is 11.2. The molecule has 14 heavy (non-hydrogen) atoms. The van der Waals surface area contributed by atoms with E-state index in [1.54, 1.807) is 19.9 Å². The summed E-state index contributed by atoms with van der Waals surface area (Å²) in [5.41, 5.74) is -0.347. The second-order valence-electron chi connectivity index (χ2n) is 3.63. The molecule has 4 nitrogen and oxygen atoms in total. The predicted octanol–water partition coefficient (Wildman–Crippen LogP) is 0.202. The lowest BCUT2D eigenvalue weighted by Crippen LogP contribution is -2.52. The van der Waals surface area contributed by atoms with Crippen molar-refractivity contribution < 1.29 is 15.0 Å². The Bertz CT molecular complexity index is 219. The third kappa shape index (κ3) is 3.89. The van der Waals surface area contributed by atoms with Gasteiger partial charge in [-0.25, -0.2) is 0 Å². The number of amides is 1. The molecule has 0 rings (SSSR count). The summed E-state index contributed by atoms with van der Waals surface area (Å²) in [5.74, 6) is -0.252. The van der Waals surface area contributed by atoms with Crippen LogP contribution in [0.1, 0.15) is 27.2 Å². The lowest BCUT2D eigenvalue weighted by molar-refractivity contribution is -0.120. The van der Waals surface area contributed by atoms with Gasteiger partial charge >= 0.3 is 0 Å². The summed E-state index contributed by atoms with van der Waals surface area (Å²) in [6.07, 6.45) is 2.58. The highest BCUT2D eigenvalue weighted by Crippen LogP contribution is 2.04. The van der Waals surface area contributed by atoms with Gasteiger partial charge in [-0.3, -0.25) is 4.79 Å². The third-order valence-corrected chi connectivity index (χ3v) is 1.98. The first-order valence-corrected chi connectivity index (χ1v) is 4.70. The summed E-state index contributed by atoms with van der Waals surface area (Å²) in [6.45, 7) is 4.66. The van der Waals surface area contributed by atoms with Crippen LogP contribution in [-0.4, -0.2) is 34.9 Å². The van der Waals surface area contributed by atoms with Crippen molar-refractivity contribution in [1.82, 2.24) is 5.32 Å². The van der Waals surface area contributed by atoms with Crippen LogP contribution in [0.4, 0.5) is 0 Å². The first-order valence-electron chi connectivity index (χ1n) is 4.70. The van der Waals surface area contributed by atoms with Gasteiger partial charge in [-0.05, 0) is 20.3 Å². The van der Waals surface area contributed by atoms with E-state index in [4.69, 9.17) is 10.2 Å². The molecule has 0 unspecified atom stereocenters. The van der Waals surface area contributed by atoms with Crippen molar-refractivity contribution >= 4 is 5.91 Å². The minimum atomic E-state index is -0.945. The van der Waals surface area contributed by atoms with Crippen LogP contribution in [-0.2, 0) is 4.79 Å². The molecule has 4 heteroatoms. The Morgan fingerprint density at radius 2 is 1.93 bits per heavy atom. The van der Waals surface area contributed by atoms with Crippen LogP contribution in [0.15, 0.2) is 11.6 Å². The number of carbonyl (C=O) groups is 1. The van der Waals surface area contributed by atoms with Crippen LogP contribution in [0.2, 0.25) is 0 Å². The van der Waals surface area contributed by atoms with E-state index < -0.39 is 5.54 Å². The Labute approximate surface area is 84.6 Å². The van der Waals surface area contributed by atoms with E-state index in [0.717, 1.165) is 6.42 Å². The zero-order valence-electron chi connectivity index (χ0n) is 9.00. The van der Waals surface area contributed by atoms with Crippen molar-refractivity contribution in [3.63, 3.8) is 0 Å². The number of aliphatic hydroxyl groups excluding tert-OH is 2. The number of rotatable bonds is 5. The van der Waals surface area contributed by atoms with E-state index >= 15 is 0 Å². The van der Waals surface area contributed by atoms with Crippen molar-refractivity contribution in [3.05, 3.63) is 11.6 Å². The second kappa shape index (κ2) is 5.78. The topological polar surface area (TPSA) is 69.6 Å². The summed E-state index contributed by atoms with van der Waals surface area (Å²) in [5, 5.41) is 20.5. The van der Waals surface area contributed by atoms with E-state index in [1.165, 1.54) is 0 Å². The fourth-order valence-corrected chi connectivity index (χ4v) is 0.901. The van der Waals surface area contributed by atoms with Gasteiger partial charge in [0, 0.05) is 5.57 Å². The molecule has 0 aromatic heterocycles. The number of aliphatic hydroxyl groups is 2. The number of hydrogen-bond acceptors (Lipinski definition) is 3. The molecule has 0 bridgehead atoms. The van der Waals surface area contributed by atoms with Crippen LogP contribution in [0.5, 0.6) is 0 Å². The molecular formula is C10H19NO3. The van der Waals surface area contributed by atoms with Crippen molar-refractivity contribution in [1.29, 1.82) is 0 Å². The molecule has 0 radical (unpaired) electrons. The Balaban J connectivity index is 4.37. The van der Waals surface area contributed by atoms with E-state index in [-0.39, 0.29) is 19.1 Å². The predicted molar refractivity (Wildman–Crippen MR) is 54.8 cm³/mol. The smallest absolute Gasteiger partial charge is 0.247 e. The molecule has 1 amide bonds. The SMILES string of the molecule is CC/C=C(/C)C(=O)NC(C)(CO)CO. The van der Waals surface area contributed by atoms with Gasteiger partial charge in [0.1, 0.15) is 0 Å². The Kier molecular flexibility index (Phi) is 5.42. The summed E-state index contributed by atoms with van der Waals surface area (Å²) in [7, 11) is 0. The van der Waals surface area contributed by atoms with Crippen LogP contribution in [0.3, 0.4) is 0 Å². The lowest BCUT2D eigenvalue weighted by atomic mass is 10.0. The molecule has 0 saturated heterocycles. The average Bonchev–Trinajstić information content (AvgIpc) is 2.18. The molecule has 0 spiro atoms. The number of nitrogens with one attached hydrogen (secondary N) is 1. The van der Waals surface area contributed by atoms with Gasteiger partial charge in [0.15, 0.2) is 0 Å². The van der Waals surface area contributed by atoms with Gasteiger partial charge in [0.2, 0.25) is 5.91 Å². The maximum Gasteiger partial charge on any atom is 0.247 e. The van der Waals surface area contributed by atoms with Gasteiger partial charge in [-0.15, -0.1) is 0 Å². The average molecular weight is 201 g/mol. The van der Waals surface area contributed by atoms with Crippen LogP contribution >= 0.6 is 0 Å². The maximum atomic E-state index is 11.5. The van der Waals surface area contributed by atoms with Crippen LogP contribution in [0.25, 0.3) is 0 Å². The van der Waals surface area contributed by atoms with Crippen LogP contribution < -0.4 is 5.32 Å². The molecule has 0 aliphatic carbocycles. The van der Waals surface area contributed by atoms with Gasteiger partial charge < -0.3 is 15.5 Å². The molecule has 0 saturated carbocycles. The molecule has 3 N–H and O–H groups in total. The molecule has 0 heterocycles. The summed E-state index contributed by atoms with van der Waals surface area (Å²) < 4.78 is 0. The monoisotopic (exact) mass is 201 g/mol. The fourth-order valence-electron chi connectivity index (χ4n) is 0.901. The lowest BCUT2D eigenvalue weighted by Gasteiger charge is -2.26. The number of allylic oxidation sites excluding steroid dienone is 1. The highest BCUT2D eigenvalue weighted by Gasteiger charge is 2.24. The Morgan fingerprint density at radius 1 is 1.43 bits per heavy atom. The number of hydrogen-bond donors (Lipinski definition) is 3. The van der Waals surface area contributed by atoms with E-state index in [2.05, 4.69) is 5.32 Å². The fraction of sp³-hybridized carbons (Fsp3) is 0.700. The standard InChI is InChI=1S/C10H19NO3/c1-4-5-8(2)9(14)11-10(3,6-12)7-13/h5,12-13H,4,6-7H2,1-3H3,(H,11,14)/b8-5-. The molecule has 0 atom stereocenters. The van der Waals surface area contributed by atoms with Gasteiger partial charge in [0.25, 0.3) is 0 Å². The largest absolute Gasteiger partial charge is 0.394 e. The number of carbonyl (C=O) groups excluding carboxylic acids is 1. The van der Waals surface area contributed by atoms with Crippen LogP contribution in [0, 0.1) is 0 Å².